The third-order valence-corrected chi connectivity index (χ3v) is 4.96. The molecule has 4 aromatic carbocycles. The molecular weight excluding hydrogens is 547 g/mol. The maximum absolute atomic E-state index is 11.6. The first-order valence-corrected chi connectivity index (χ1v) is 11.7. The molecule has 0 heterocycles. The van der Waals surface area contributed by atoms with E-state index in [0.29, 0.717) is 0 Å². The molecule has 4 aromatic rings. The smallest absolute Gasteiger partial charge is 0.290 e. The van der Waals surface area contributed by atoms with Crippen LogP contribution in [0.25, 0.3) is 24.3 Å². The molecule has 184 valence electrons. The van der Waals surface area contributed by atoms with E-state index in [4.69, 9.17) is 0 Å². The summed E-state index contributed by atoms with van der Waals surface area (Å²) in [5.74, 6) is -0.0228. The van der Waals surface area contributed by atoms with Gasteiger partial charge in [0.15, 0.2) is 11.6 Å². The molecule has 0 atom stereocenters. The standard InChI is InChI=1S/2C17H14O.Pd/c2*18-17(13-11-15-7-3-1-4-8-15)14-12-16-9-5-2-6-10-16;/h2*1-14H;/q;;+2. The summed E-state index contributed by atoms with van der Waals surface area (Å²) in [5.41, 5.74) is 4.11. The van der Waals surface area contributed by atoms with Crippen molar-refractivity contribution in [3.05, 3.63) is 168 Å². The Kier molecular flexibility index (Phi) is 13.6. The zero-order valence-corrected chi connectivity index (χ0v) is 21.9. The second kappa shape index (κ2) is 17.3. The van der Waals surface area contributed by atoms with Gasteiger partial charge in [-0.2, -0.15) is 0 Å². The molecule has 0 unspecified atom stereocenters. The van der Waals surface area contributed by atoms with Gasteiger partial charge in [-0.25, -0.2) is 0 Å². The summed E-state index contributed by atoms with van der Waals surface area (Å²) in [6.07, 6.45) is 13.6. The summed E-state index contributed by atoms with van der Waals surface area (Å²) in [5, 5.41) is 0. The largest absolute Gasteiger partial charge is 2.00 e. The third kappa shape index (κ3) is 12.4. The van der Waals surface area contributed by atoms with Gasteiger partial charge in [0.25, 0.3) is 0 Å². The van der Waals surface area contributed by atoms with Crippen molar-refractivity contribution in [3.8, 4) is 0 Å². The van der Waals surface area contributed by atoms with Gasteiger partial charge < -0.3 is 0 Å². The number of rotatable bonds is 8. The van der Waals surface area contributed by atoms with Crippen LogP contribution in [0, 0.1) is 0 Å². The summed E-state index contributed by atoms with van der Waals surface area (Å²) in [7, 11) is 0. The van der Waals surface area contributed by atoms with Crippen LogP contribution >= 0.6 is 0 Å². The SMILES string of the molecule is O=C(C=Cc1ccccc1)C=Cc1ccccc1.O=C(C=Cc1ccccc1)C=Cc1ccccc1.[Pd+2]. The Balaban J connectivity index is 0.000000253. The molecule has 0 aliphatic rings. The Morgan fingerprint density at radius 1 is 0.351 bits per heavy atom. The Labute approximate surface area is 233 Å². The summed E-state index contributed by atoms with van der Waals surface area (Å²) >= 11 is 0. The second-order valence-electron chi connectivity index (χ2n) is 7.78. The molecule has 0 saturated carbocycles. The van der Waals surface area contributed by atoms with Crippen LogP contribution < -0.4 is 0 Å². The number of carbonyl (C=O) groups is 2. The van der Waals surface area contributed by atoms with Crippen molar-refractivity contribution in [3.63, 3.8) is 0 Å². The minimum absolute atomic E-state index is 0. The molecule has 0 aliphatic heterocycles. The second-order valence-corrected chi connectivity index (χ2v) is 7.78. The van der Waals surface area contributed by atoms with Gasteiger partial charge in [0.2, 0.25) is 0 Å². The third-order valence-electron chi connectivity index (χ3n) is 4.96. The molecule has 0 radical (unpaired) electrons. The summed E-state index contributed by atoms with van der Waals surface area (Å²) < 4.78 is 0. The van der Waals surface area contributed by atoms with Crippen LogP contribution in [0.5, 0.6) is 0 Å². The first-order valence-electron chi connectivity index (χ1n) is 11.7. The van der Waals surface area contributed by atoms with Crippen LogP contribution in [0.4, 0.5) is 0 Å². The molecule has 0 fully saturated rings. The predicted octanol–water partition coefficient (Wildman–Crippen LogP) is 7.96. The maximum Gasteiger partial charge on any atom is 2.00 e. The summed E-state index contributed by atoms with van der Waals surface area (Å²) in [6, 6.07) is 39.1. The minimum Gasteiger partial charge on any atom is -0.290 e. The Morgan fingerprint density at radius 2 is 0.541 bits per heavy atom. The van der Waals surface area contributed by atoms with Crippen molar-refractivity contribution in [1.82, 2.24) is 0 Å². The van der Waals surface area contributed by atoms with E-state index in [1.165, 1.54) is 0 Å². The average Bonchev–Trinajstić information content (AvgIpc) is 2.95. The fourth-order valence-electron chi connectivity index (χ4n) is 3.08. The minimum atomic E-state index is -0.0114. The molecule has 2 nitrogen and oxygen atoms in total. The number of allylic oxidation sites excluding steroid dienone is 4. The average molecular weight is 575 g/mol. The number of hydrogen-bond acceptors (Lipinski definition) is 2. The van der Waals surface area contributed by atoms with Crippen molar-refractivity contribution in [2.75, 3.05) is 0 Å². The van der Waals surface area contributed by atoms with Gasteiger partial charge in [-0.15, -0.1) is 0 Å². The van der Waals surface area contributed by atoms with E-state index in [9.17, 15) is 9.59 Å². The van der Waals surface area contributed by atoms with Crippen LogP contribution in [0.2, 0.25) is 0 Å². The number of benzene rings is 4. The van der Waals surface area contributed by atoms with Gasteiger partial charge >= 0.3 is 20.4 Å². The van der Waals surface area contributed by atoms with E-state index in [1.54, 1.807) is 24.3 Å². The van der Waals surface area contributed by atoms with E-state index in [0.717, 1.165) is 22.3 Å². The van der Waals surface area contributed by atoms with Gasteiger partial charge in [0, 0.05) is 0 Å². The van der Waals surface area contributed by atoms with Gasteiger partial charge in [0.1, 0.15) is 0 Å². The Morgan fingerprint density at radius 3 is 0.730 bits per heavy atom. The van der Waals surface area contributed by atoms with Crippen molar-refractivity contribution >= 4 is 35.9 Å². The van der Waals surface area contributed by atoms with Crippen molar-refractivity contribution in [2.45, 2.75) is 0 Å². The fraction of sp³-hybridized carbons (Fsp3) is 0. The first-order chi connectivity index (χ1) is 17.7. The van der Waals surface area contributed by atoms with E-state index >= 15 is 0 Å². The Bertz CT molecular complexity index is 1110. The molecule has 0 saturated heterocycles. The molecule has 3 heteroatoms. The quantitative estimate of drug-likeness (QED) is 0.158. The topological polar surface area (TPSA) is 34.1 Å². The monoisotopic (exact) mass is 574 g/mol. The molecule has 0 bridgehead atoms. The van der Waals surface area contributed by atoms with E-state index < -0.39 is 0 Å². The molecule has 37 heavy (non-hydrogen) atoms. The Hall–Kier alpha value is -4.16. The van der Waals surface area contributed by atoms with Gasteiger partial charge in [-0.1, -0.05) is 146 Å². The first kappa shape index (κ1) is 29.1. The van der Waals surface area contributed by atoms with Crippen LogP contribution in [0.15, 0.2) is 146 Å². The summed E-state index contributed by atoms with van der Waals surface area (Å²) in [6.45, 7) is 0. The van der Waals surface area contributed by atoms with Gasteiger partial charge in [-0.3, -0.25) is 9.59 Å². The molecular formula is C34H28O2Pd+2. The molecule has 0 aliphatic carbocycles. The zero-order chi connectivity index (χ0) is 25.3. The zero-order valence-electron chi connectivity index (χ0n) is 20.3. The number of hydrogen-bond donors (Lipinski definition) is 0. The van der Waals surface area contributed by atoms with Crippen LogP contribution in [0.3, 0.4) is 0 Å². The fourth-order valence-corrected chi connectivity index (χ4v) is 3.08. The molecule has 0 spiro atoms. The van der Waals surface area contributed by atoms with Crippen molar-refractivity contribution in [1.29, 1.82) is 0 Å². The van der Waals surface area contributed by atoms with E-state index in [-0.39, 0.29) is 32.0 Å². The van der Waals surface area contributed by atoms with Gasteiger partial charge in [-0.05, 0) is 46.6 Å². The molecule has 0 N–H and O–H groups in total. The summed E-state index contributed by atoms with van der Waals surface area (Å²) in [4.78, 5) is 23.2. The van der Waals surface area contributed by atoms with E-state index in [2.05, 4.69) is 0 Å². The molecule has 4 rings (SSSR count). The molecule has 0 amide bonds. The predicted molar refractivity (Wildman–Crippen MR) is 152 cm³/mol. The number of ketones is 2. The van der Waals surface area contributed by atoms with Crippen LogP contribution in [0.1, 0.15) is 22.3 Å². The van der Waals surface area contributed by atoms with Crippen LogP contribution in [-0.4, -0.2) is 11.6 Å². The van der Waals surface area contributed by atoms with Crippen molar-refractivity contribution < 1.29 is 30.0 Å². The molecule has 0 aromatic heterocycles. The van der Waals surface area contributed by atoms with Gasteiger partial charge in [0.05, 0.1) is 0 Å². The number of carbonyl (C=O) groups excluding carboxylic acids is 2. The van der Waals surface area contributed by atoms with Crippen LogP contribution in [-0.2, 0) is 30.0 Å². The van der Waals surface area contributed by atoms with Crippen molar-refractivity contribution in [2.24, 2.45) is 0 Å². The van der Waals surface area contributed by atoms with E-state index in [1.807, 2.05) is 146 Å². The maximum atomic E-state index is 11.6. The normalized spacial score (nSPS) is 10.8.